The Balaban J connectivity index is 2.86. The van der Waals surface area contributed by atoms with Crippen LogP contribution in [0.1, 0.15) is 39.3 Å². The van der Waals surface area contributed by atoms with Crippen molar-refractivity contribution in [2.75, 3.05) is 19.6 Å². The van der Waals surface area contributed by atoms with Crippen molar-refractivity contribution in [1.29, 1.82) is 0 Å². The quantitative estimate of drug-likeness (QED) is 0.718. The second-order valence-electron chi connectivity index (χ2n) is 5.51. The molecule has 1 aromatic carbocycles. The van der Waals surface area contributed by atoms with E-state index in [1.165, 1.54) is 11.1 Å². The first-order valence-corrected chi connectivity index (χ1v) is 7.21. The van der Waals surface area contributed by atoms with Gasteiger partial charge in [0.05, 0.1) is 0 Å². The first-order chi connectivity index (χ1) is 9.04. The molecule has 1 unspecified atom stereocenters. The second kappa shape index (κ2) is 8.13. The molecule has 2 heteroatoms. The zero-order valence-electron chi connectivity index (χ0n) is 12.8. The molecule has 19 heavy (non-hydrogen) atoms. The summed E-state index contributed by atoms with van der Waals surface area (Å²) in [5.74, 6) is 0. The Bertz CT molecular complexity index is 370. The minimum Gasteiger partial charge on any atom is -0.313 e. The molecule has 0 aliphatic carbocycles. The Morgan fingerprint density at radius 3 is 2.37 bits per heavy atom. The van der Waals surface area contributed by atoms with E-state index in [0.29, 0.717) is 12.1 Å². The van der Waals surface area contributed by atoms with Gasteiger partial charge in [-0.3, -0.25) is 4.90 Å². The summed E-state index contributed by atoms with van der Waals surface area (Å²) in [4.78, 5) is 2.48. The van der Waals surface area contributed by atoms with Crippen LogP contribution in [0.4, 0.5) is 0 Å². The summed E-state index contributed by atoms with van der Waals surface area (Å²) in [5, 5.41) is 3.56. The minimum atomic E-state index is 0.408. The maximum Gasteiger partial charge on any atom is 0.0476 e. The molecule has 2 nitrogen and oxygen atoms in total. The number of rotatable bonds is 8. The first-order valence-electron chi connectivity index (χ1n) is 7.21. The van der Waals surface area contributed by atoms with Gasteiger partial charge in [0.2, 0.25) is 0 Å². The fraction of sp³-hybridized carbons (Fsp3) is 0.529. The van der Waals surface area contributed by atoms with Gasteiger partial charge in [-0.15, -0.1) is 0 Å². The predicted molar refractivity (Wildman–Crippen MR) is 84.4 cm³/mol. The highest BCUT2D eigenvalue weighted by Gasteiger charge is 2.18. The van der Waals surface area contributed by atoms with Crippen LogP contribution in [-0.4, -0.2) is 30.6 Å². The molecule has 1 rings (SSSR count). The van der Waals surface area contributed by atoms with Crippen LogP contribution in [0, 0.1) is 0 Å². The number of nitrogens with zero attached hydrogens (tertiary/aromatic N) is 1. The molecule has 1 atom stereocenters. The average molecular weight is 260 g/mol. The van der Waals surface area contributed by atoms with E-state index < -0.39 is 0 Å². The molecule has 0 spiro atoms. The van der Waals surface area contributed by atoms with E-state index in [9.17, 15) is 0 Å². The van der Waals surface area contributed by atoms with Crippen LogP contribution in [0.2, 0.25) is 0 Å². The molecular weight excluding hydrogens is 232 g/mol. The van der Waals surface area contributed by atoms with E-state index in [-0.39, 0.29) is 0 Å². The topological polar surface area (TPSA) is 15.3 Å². The Morgan fingerprint density at radius 1 is 1.26 bits per heavy atom. The highest BCUT2D eigenvalue weighted by molar-refractivity contribution is 5.20. The van der Waals surface area contributed by atoms with Crippen LogP contribution >= 0.6 is 0 Å². The van der Waals surface area contributed by atoms with Crippen molar-refractivity contribution >= 4 is 0 Å². The lowest BCUT2D eigenvalue weighted by Crippen LogP contribution is -2.38. The van der Waals surface area contributed by atoms with E-state index in [4.69, 9.17) is 0 Å². The maximum atomic E-state index is 4.05. The summed E-state index contributed by atoms with van der Waals surface area (Å²) in [6.45, 7) is 15.7. The number of nitrogens with one attached hydrogen (secondary N) is 1. The third kappa shape index (κ3) is 5.58. The molecule has 0 amide bonds. The number of hydrogen-bond acceptors (Lipinski definition) is 2. The van der Waals surface area contributed by atoms with Crippen molar-refractivity contribution in [3.8, 4) is 0 Å². The van der Waals surface area contributed by atoms with Crippen molar-refractivity contribution in [3.63, 3.8) is 0 Å². The van der Waals surface area contributed by atoms with Gasteiger partial charge in [0.25, 0.3) is 0 Å². The van der Waals surface area contributed by atoms with E-state index in [1.807, 2.05) is 0 Å². The first kappa shape index (κ1) is 15.9. The zero-order valence-corrected chi connectivity index (χ0v) is 12.8. The molecule has 0 bridgehead atoms. The molecule has 0 fully saturated rings. The van der Waals surface area contributed by atoms with E-state index in [2.05, 4.69) is 74.8 Å². The summed E-state index contributed by atoms with van der Waals surface area (Å²) >= 11 is 0. The third-order valence-electron chi connectivity index (χ3n) is 3.22. The van der Waals surface area contributed by atoms with Crippen molar-refractivity contribution in [3.05, 3.63) is 48.0 Å². The van der Waals surface area contributed by atoms with Crippen LogP contribution < -0.4 is 5.32 Å². The fourth-order valence-corrected chi connectivity index (χ4v) is 2.27. The SMILES string of the molecule is C=C(C)CN(CC)C(CNC(C)C)c1ccccc1. The second-order valence-corrected chi connectivity index (χ2v) is 5.51. The Morgan fingerprint density at radius 2 is 1.89 bits per heavy atom. The Hall–Kier alpha value is -1.12. The Labute approximate surface area is 118 Å². The van der Waals surface area contributed by atoms with Crippen LogP contribution in [0.15, 0.2) is 42.5 Å². The van der Waals surface area contributed by atoms with Crippen molar-refractivity contribution < 1.29 is 0 Å². The largest absolute Gasteiger partial charge is 0.313 e. The lowest BCUT2D eigenvalue weighted by atomic mass is 10.0. The summed E-state index contributed by atoms with van der Waals surface area (Å²) in [7, 11) is 0. The van der Waals surface area contributed by atoms with Crippen LogP contribution in [-0.2, 0) is 0 Å². The molecule has 1 N–H and O–H groups in total. The average Bonchev–Trinajstić information content (AvgIpc) is 2.38. The summed E-state index contributed by atoms with van der Waals surface area (Å²) in [6, 6.07) is 11.7. The fourth-order valence-electron chi connectivity index (χ4n) is 2.27. The molecule has 0 radical (unpaired) electrons. The van der Waals surface area contributed by atoms with Gasteiger partial charge in [-0.05, 0) is 19.0 Å². The third-order valence-corrected chi connectivity index (χ3v) is 3.22. The molecule has 0 heterocycles. The van der Waals surface area contributed by atoms with E-state index in [1.54, 1.807) is 0 Å². The normalized spacial score (nSPS) is 12.9. The zero-order chi connectivity index (χ0) is 14.3. The molecule has 0 aliphatic rings. The van der Waals surface area contributed by atoms with Crippen LogP contribution in [0.25, 0.3) is 0 Å². The van der Waals surface area contributed by atoms with Gasteiger partial charge in [0.15, 0.2) is 0 Å². The molecule has 0 aliphatic heterocycles. The highest BCUT2D eigenvalue weighted by atomic mass is 15.2. The van der Waals surface area contributed by atoms with Gasteiger partial charge in [-0.2, -0.15) is 0 Å². The molecule has 0 aromatic heterocycles. The molecule has 0 saturated heterocycles. The van der Waals surface area contributed by atoms with Gasteiger partial charge >= 0.3 is 0 Å². The minimum absolute atomic E-state index is 0.408. The van der Waals surface area contributed by atoms with Crippen molar-refractivity contribution in [2.24, 2.45) is 0 Å². The monoisotopic (exact) mass is 260 g/mol. The lowest BCUT2D eigenvalue weighted by Gasteiger charge is -2.32. The standard InChI is InChI=1S/C17H28N2/c1-6-19(13-14(2)3)17(12-18-15(4)5)16-10-8-7-9-11-16/h7-11,15,17-18H,2,6,12-13H2,1,3-5H3. The maximum absolute atomic E-state index is 4.05. The predicted octanol–water partition coefficient (Wildman–Crippen LogP) is 3.62. The van der Waals surface area contributed by atoms with Gasteiger partial charge in [0.1, 0.15) is 0 Å². The molecular formula is C17H28N2. The number of benzene rings is 1. The summed E-state index contributed by atoms with van der Waals surface area (Å²) in [6.07, 6.45) is 0. The number of likely N-dealkylation sites (N-methyl/N-ethyl adjacent to an activating group) is 1. The Kier molecular flexibility index (Phi) is 6.82. The highest BCUT2D eigenvalue weighted by Crippen LogP contribution is 2.20. The number of hydrogen-bond donors (Lipinski definition) is 1. The summed E-state index contributed by atoms with van der Waals surface area (Å²) < 4.78 is 0. The van der Waals surface area contributed by atoms with Gasteiger partial charge in [-0.25, -0.2) is 0 Å². The van der Waals surface area contributed by atoms with Gasteiger partial charge in [0, 0.05) is 25.2 Å². The molecule has 1 aromatic rings. The smallest absolute Gasteiger partial charge is 0.0476 e. The van der Waals surface area contributed by atoms with Crippen LogP contribution in [0.5, 0.6) is 0 Å². The van der Waals surface area contributed by atoms with Crippen molar-refractivity contribution in [2.45, 2.75) is 39.8 Å². The summed E-state index contributed by atoms with van der Waals surface area (Å²) in [5.41, 5.74) is 2.59. The van der Waals surface area contributed by atoms with Crippen molar-refractivity contribution in [1.82, 2.24) is 10.2 Å². The van der Waals surface area contributed by atoms with Crippen LogP contribution in [0.3, 0.4) is 0 Å². The van der Waals surface area contributed by atoms with E-state index >= 15 is 0 Å². The van der Waals surface area contributed by atoms with Gasteiger partial charge in [-0.1, -0.05) is 63.3 Å². The van der Waals surface area contributed by atoms with E-state index in [0.717, 1.165) is 19.6 Å². The lowest BCUT2D eigenvalue weighted by molar-refractivity contribution is 0.216. The molecule has 0 saturated carbocycles. The molecule has 106 valence electrons. The van der Waals surface area contributed by atoms with Gasteiger partial charge < -0.3 is 5.32 Å².